The number of amidine groups is 1. The van der Waals surface area contributed by atoms with Gasteiger partial charge in [0, 0.05) is 23.8 Å². The number of anilines is 1. The predicted molar refractivity (Wildman–Crippen MR) is 153 cm³/mol. The van der Waals surface area contributed by atoms with Crippen molar-refractivity contribution in [2.75, 3.05) is 25.0 Å². The fraction of sp³-hybridized carbons (Fsp3) is 0.375. The molecule has 2 atom stereocenters. The zero-order valence-corrected chi connectivity index (χ0v) is 21.6. The van der Waals surface area contributed by atoms with E-state index in [4.69, 9.17) is 11.1 Å². The SMILES string of the molecule is N=C(N)C1(CCCCCN2CCCCC2c2ccccc2)C=CC=C(C2=Cc3ccccc3NC2)C1=O. The molecule has 0 radical (unpaired) electrons. The molecule has 1 fully saturated rings. The number of allylic oxidation sites excluding steroid dienone is 2. The highest BCUT2D eigenvalue weighted by atomic mass is 16.1. The molecule has 0 aromatic heterocycles. The van der Waals surface area contributed by atoms with Gasteiger partial charge < -0.3 is 11.1 Å². The Kier molecular flexibility index (Phi) is 7.71. The van der Waals surface area contributed by atoms with E-state index >= 15 is 0 Å². The molecule has 0 bridgehead atoms. The summed E-state index contributed by atoms with van der Waals surface area (Å²) in [7, 11) is 0. The average molecular weight is 495 g/mol. The van der Waals surface area contributed by atoms with Gasteiger partial charge in [0.15, 0.2) is 5.78 Å². The summed E-state index contributed by atoms with van der Waals surface area (Å²) < 4.78 is 0. The van der Waals surface area contributed by atoms with Crippen molar-refractivity contribution < 1.29 is 4.79 Å². The number of hydrogen-bond acceptors (Lipinski definition) is 4. The molecule has 2 unspecified atom stereocenters. The van der Waals surface area contributed by atoms with Crippen LogP contribution in [0.15, 0.2) is 84.0 Å². The van der Waals surface area contributed by atoms with Gasteiger partial charge in [0.1, 0.15) is 11.3 Å². The van der Waals surface area contributed by atoms with E-state index in [2.05, 4.69) is 46.6 Å². The Labute approximate surface area is 220 Å². The van der Waals surface area contributed by atoms with Gasteiger partial charge in [0.05, 0.1) is 0 Å². The highest BCUT2D eigenvalue weighted by Crippen LogP contribution is 2.38. The first-order chi connectivity index (χ1) is 18.1. The Morgan fingerprint density at radius 1 is 1.05 bits per heavy atom. The molecule has 5 heteroatoms. The van der Waals surface area contributed by atoms with Crippen LogP contribution < -0.4 is 11.1 Å². The first-order valence-corrected chi connectivity index (χ1v) is 13.7. The fourth-order valence-electron chi connectivity index (χ4n) is 6.09. The lowest BCUT2D eigenvalue weighted by molar-refractivity contribution is -0.120. The Morgan fingerprint density at radius 3 is 2.70 bits per heavy atom. The maximum absolute atomic E-state index is 13.8. The molecule has 0 saturated carbocycles. The molecule has 3 aliphatic rings. The van der Waals surface area contributed by atoms with Crippen molar-refractivity contribution >= 4 is 23.4 Å². The van der Waals surface area contributed by atoms with E-state index in [-0.39, 0.29) is 11.6 Å². The van der Waals surface area contributed by atoms with Crippen LogP contribution >= 0.6 is 0 Å². The Morgan fingerprint density at radius 2 is 1.86 bits per heavy atom. The molecule has 2 heterocycles. The Hall–Kier alpha value is -3.44. The molecule has 2 aliphatic heterocycles. The van der Waals surface area contributed by atoms with Crippen LogP contribution in [0.2, 0.25) is 0 Å². The quantitative estimate of drug-likeness (QED) is 0.218. The first-order valence-electron chi connectivity index (χ1n) is 13.7. The van der Waals surface area contributed by atoms with Crippen LogP contribution in [-0.4, -0.2) is 36.2 Å². The van der Waals surface area contributed by atoms with E-state index in [9.17, 15) is 4.79 Å². The summed E-state index contributed by atoms with van der Waals surface area (Å²) in [6.07, 6.45) is 15.1. The van der Waals surface area contributed by atoms with Crippen molar-refractivity contribution in [2.45, 2.75) is 51.0 Å². The van der Waals surface area contributed by atoms with E-state index in [1.807, 2.05) is 42.5 Å². The minimum absolute atomic E-state index is 0.0462. The lowest BCUT2D eigenvalue weighted by Crippen LogP contribution is -2.44. The second-order valence-corrected chi connectivity index (χ2v) is 10.5. The number of benzene rings is 2. The predicted octanol–water partition coefficient (Wildman–Crippen LogP) is 6.27. The summed E-state index contributed by atoms with van der Waals surface area (Å²) in [5.41, 5.74) is 10.3. The average Bonchev–Trinajstić information content (AvgIpc) is 2.94. The molecule has 5 nitrogen and oxygen atoms in total. The number of carbonyl (C=O) groups is 1. The van der Waals surface area contributed by atoms with Crippen molar-refractivity contribution in [2.24, 2.45) is 11.1 Å². The van der Waals surface area contributed by atoms with Gasteiger partial charge in [0.2, 0.25) is 0 Å². The zero-order chi connectivity index (χ0) is 25.7. The van der Waals surface area contributed by atoms with Gasteiger partial charge in [-0.1, -0.05) is 86.0 Å². The van der Waals surface area contributed by atoms with Gasteiger partial charge in [0.25, 0.3) is 0 Å². The fourth-order valence-corrected chi connectivity index (χ4v) is 6.09. The number of likely N-dealkylation sites (tertiary alicyclic amines) is 1. The molecule has 192 valence electrons. The van der Waals surface area contributed by atoms with Crippen LogP contribution in [0.4, 0.5) is 5.69 Å². The third kappa shape index (κ3) is 5.33. The minimum Gasteiger partial charge on any atom is -0.387 e. The van der Waals surface area contributed by atoms with Crippen LogP contribution in [0, 0.1) is 10.8 Å². The van der Waals surface area contributed by atoms with Gasteiger partial charge >= 0.3 is 0 Å². The number of para-hydroxylation sites is 1. The normalized spacial score (nSPS) is 23.6. The molecule has 2 aromatic rings. The number of hydrogen-bond donors (Lipinski definition) is 3. The second-order valence-electron chi connectivity index (χ2n) is 10.5. The zero-order valence-electron chi connectivity index (χ0n) is 21.6. The maximum atomic E-state index is 13.8. The number of Topliss-reactive ketones (excluding diaryl/α,β-unsaturated/α-hetero) is 1. The highest BCUT2D eigenvalue weighted by molar-refractivity contribution is 6.19. The molecular weight excluding hydrogens is 456 g/mol. The molecule has 1 saturated heterocycles. The maximum Gasteiger partial charge on any atom is 0.180 e. The van der Waals surface area contributed by atoms with Crippen molar-refractivity contribution in [1.82, 2.24) is 4.90 Å². The third-order valence-corrected chi connectivity index (χ3v) is 8.19. The van der Waals surface area contributed by atoms with Crippen molar-refractivity contribution in [3.63, 3.8) is 0 Å². The smallest absolute Gasteiger partial charge is 0.180 e. The minimum atomic E-state index is -1.04. The topological polar surface area (TPSA) is 82.2 Å². The Balaban J connectivity index is 1.20. The summed E-state index contributed by atoms with van der Waals surface area (Å²) in [5.74, 6) is -0.0978. The number of rotatable bonds is 9. The van der Waals surface area contributed by atoms with Gasteiger partial charge in [-0.2, -0.15) is 0 Å². The molecule has 37 heavy (non-hydrogen) atoms. The second kappa shape index (κ2) is 11.3. The van der Waals surface area contributed by atoms with Gasteiger partial charge in [-0.05, 0) is 67.6 Å². The van der Waals surface area contributed by atoms with Crippen LogP contribution in [0.25, 0.3) is 6.08 Å². The van der Waals surface area contributed by atoms with E-state index < -0.39 is 5.41 Å². The van der Waals surface area contributed by atoms with Crippen LogP contribution in [0.1, 0.15) is 62.1 Å². The van der Waals surface area contributed by atoms with E-state index in [1.54, 1.807) is 0 Å². The lowest BCUT2D eigenvalue weighted by Gasteiger charge is -2.36. The number of fused-ring (bicyclic) bond motifs is 1. The number of piperidine rings is 1. The van der Waals surface area contributed by atoms with Crippen LogP contribution in [0.3, 0.4) is 0 Å². The van der Waals surface area contributed by atoms with Crippen molar-refractivity contribution in [3.05, 3.63) is 95.1 Å². The summed E-state index contributed by atoms with van der Waals surface area (Å²) in [4.78, 5) is 16.4. The molecule has 5 rings (SSSR count). The summed E-state index contributed by atoms with van der Waals surface area (Å²) in [6.45, 7) is 2.81. The number of carbonyl (C=O) groups excluding carboxylic acids is 1. The monoisotopic (exact) mass is 494 g/mol. The number of nitrogens with two attached hydrogens (primary N) is 1. The first kappa shape index (κ1) is 25.2. The largest absolute Gasteiger partial charge is 0.387 e. The van der Waals surface area contributed by atoms with E-state index in [0.717, 1.165) is 49.2 Å². The van der Waals surface area contributed by atoms with Crippen molar-refractivity contribution in [1.29, 1.82) is 5.41 Å². The molecule has 2 aromatic carbocycles. The molecule has 0 amide bonds. The van der Waals surface area contributed by atoms with Crippen LogP contribution in [-0.2, 0) is 4.79 Å². The molecule has 4 N–H and O–H groups in total. The highest BCUT2D eigenvalue weighted by Gasteiger charge is 2.42. The number of unbranched alkanes of at least 4 members (excludes halogenated alkanes) is 2. The van der Waals surface area contributed by atoms with Gasteiger partial charge in [-0.25, -0.2) is 0 Å². The molecule has 1 aliphatic carbocycles. The van der Waals surface area contributed by atoms with Gasteiger partial charge in [-0.3, -0.25) is 15.1 Å². The van der Waals surface area contributed by atoms with Crippen LogP contribution in [0.5, 0.6) is 0 Å². The summed E-state index contributed by atoms with van der Waals surface area (Å²) in [5, 5.41) is 11.8. The van der Waals surface area contributed by atoms with Crippen molar-refractivity contribution in [3.8, 4) is 0 Å². The molecular formula is C32H38N4O. The van der Waals surface area contributed by atoms with E-state index in [0.29, 0.717) is 24.6 Å². The van der Waals surface area contributed by atoms with Gasteiger partial charge in [-0.15, -0.1) is 0 Å². The van der Waals surface area contributed by atoms with E-state index in [1.165, 1.54) is 24.8 Å². The lowest BCUT2D eigenvalue weighted by atomic mass is 9.71. The number of nitrogens with one attached hydrogen (secondary N) is 2. The Bertz CT molecular complexity index is 1230. The number of nitrogens with zero attached hydrogens (tertiary/aromatic N) is 1. The number of ketones is 1. The standard InChI is InChI=1S/C32H38N4O/c33-31(34)32(18-8-2-9-20-36-21-10-7-17-29(36)24-12-3-1-4-13-24)19-11-15-27(30(32)37)26-22-25-14-5-6-16-28(25)35-23-26/h1,3-6,11-16,19,22,29,35H,2,7-10,17-18,20-21,23H2,(H3,33,34). The summed E-state index contributed by atoms with van der Waals surface area (Å²) in [6, 6.07) is 19.5. The summed E-state index contributed by atoms with van der Waals surface area (Å²) >= 11 is 0. The molecule has 0 spiro atoms. The third-order valence-electron chi connectivity index (χ3n) is 8.19.